The minimum absolute atomic E-state index is 0.0938. The predicted octanol–water partition coefficient (Wildman–Crippen LogP) is 2.91. The summed E-state index contributed by atoms with van der Waals surface area (Å²) in [5, 5.41) is 4.46. The number of rotatable bonds is 4. The molecular weight excluding hydrogens is 242 g/mol. The molecule has 1 heterocycles. The Balaban J connectivity index is 2.27. The molecule has 0 saturated heterocycles. The second-order valence-electron chi connectivity index (χ2n) is 4.60. The quantitative estimate of drug-likeness (QED) is 0.861. The van der Waals surface area contributed by atoms with E-state index in [0.717, 1.165) is 4.90 Å². The molecule has 96 valence electrons. The molecule has 0 amide bonds. The van der Waals surface area contributed by atoms with Crippen molar-refractivity contribution in [2.24, 2.45) is 12.8 Å². The van der Waals surface area contributed by atoms with Crippen LogP contribution in [0.25, 0.3) is 0 Å². The summed E-state index contributed by atoms with van der Waals surface area (Å²) >= 11 is 1.78. The Morgan fingerprint density at radius 1 is 1.33 bits per heavy atom. The third kappa shape index (κ3) is 2.94. The van der Waals surface area contributed by atoms with Crippen molar-refractivity contribution >= 4 is 11.8 Å². The summed E-state index contributed by atoms with van der Waals surface area (Å²) < 4.78 is 1.82. The van der Waals surface area contributed by atoms with Gasteiger partial charge in [0.15, 0.2) is 0 Å². The summed E-state index contributed by atoms with van der Waals surface area (Å²) in [7, 11) is 1.93. The standard InChI is InChI=1S/C14H19N3S/c1-10-6-4-5-7-13(10)14(11(2)15)18-12-8-16-17(3)9-12/h4-9,11,14H,15H2,1-3H3. The largest absolute Gasteiger partial charge is 0.327 e. The smallest absolute Gasteiger partial charge is 0.0626 e. The molecule has 0 saturated carbocycles. The first kappa shape index (κ1) is 13.2. The summed E-state index contributed by atoms with van der Waals surface area (Å²) in [6.45, 7) is 4.19. The summed E-state index contributed by atoms with van der Waals surface area (Å²) in [4.78, 5) is 1.16. The lowest BCUT2D eigenvalue weighted by Crippen LogP contribution is -2.23. The van der Waals surface area contributed by atoms with Crippen LogP contribution in [0.2, 0.25) is 0 Å². The van der Waals surface area contributed by atoms with Crippen molar-refractivity contribution in [2.75, 3.05) is 0 Å². The maximum Gasteiger partial charge on any atom is 0.0626 e. The number of aromatic nitrogens is 2. The average Bonchev–Trinajstić information content (AvgIpc) is 2.73. The first-order chi connectivity index (χ1) is 8.58. The number of aryl methyl sites for hydroxylation is 2. The lowest BCUT2D eigenvalue weighted by atomic mass is 10.0. The van der Waals surface area contributed by atoms with Crippen LogP contribution in [0.4, 0.5) is 0 Å². The van der Waals surface area contributed by atoms with Crippen molar-refractivity contribution in [3.63, 3.8) is 0 Å². The molecule has 0 spiro atoms. The van der Waals surface area contributed by atoms with Crippen molar-refractivity contribution in [1.29, 1.82) is 0 Å². The van der Waals surface area contributed by atoms with Gasteiger partial charge in [-0.2, -0.15) is 5.10 Å². The summed E-state index contributed by atoms with van der Waals surface area (Å²) in [6.07, 6.45) is 3.91. The van der Waals surface area contributed by atoms with Gasteiger partial charge in [0.1, 0.15) is 0 Å². The third-order valence-electron chi connectivity index (χ3n) is 2.92. The van der Waals surface area contributed by atoms with Crippen LogP contribution in [-0.4, -0.2) is 15.8 Å². The number of hydrogen-bond donors (Lipinski definition) is 1. The van der Waals surface area contributed by atoms with Crippen LogP contribution in [-0.2, 0) is 7.05 Å². The lowest BCUT2D eigenvalue weighted by Gasteiger charge is -2.21. The minimum atomic E-state index is 0.0938. The molecule has 0 aliphatic rings. The van der Waals surface area contributed by atoms with Crippen molar-refractivity contribution < 1.29 is 0 Å². The molecule has 1 aromatic heterocycles. The highest BCUT2D eigenvalue weighted by atomic mass is 32.2. The van der Waals surface area contributed by atoms with E-state index in [0.29, 0.717) is 0 Å². The fraction of sp³-hybridized carbons (Fsp3) is 0.357. The van der Waals surface area contributed by atoms with Crippen LogP contribution in [0.1, 0.15) is 23.3 Å². The first-order valence-corrected chi connectivity index (χ1v) is 6.92. The van der Waals surface area contributed by atoms with Gasteiger partial charge in [-0.3, -0.25) is 4.68 Å². The zero-order valence-electron chi connectivity index (χ0n) is 11.0. The number of benzene rings is 1. The van der Waals surface area contributed by atoms with Gasteiger partial charge in [-0.1, -0.05) is 24.3 Å². The minimum Gasteiger partial charge on any atom is -0.327 e. The Kier molecular flexibility index (Phi) is 4.09. The Hall–Kier alpha value is -1.26. The average molecular weight is 261 g/mol. The Morgan fingerprint density at radius 2 is 2.06 bits per heavy atom. The fourth-order valence-corrected chi connectivity index (χ4v) is 3.19. The lowest BCUT2D eigenvalue weighted by molar-refractivity contribution is 0.718. The molecule has 2 aromatic rings. The molecule has 2 rings (SSSR count). The molecule has 4 heteroatoms. The van der Waals surface area contributed by atoms with Crippen molar-refractivity contribution in [2.45, 2.75) is 30.0 Å². The molecule has 1 aromatic carbocycles. The number of thioether (sulfide) groups is 1. The molecule has 0 radical (unpaired) electrons. The molecule has 3 nitrogen and oxygen atoms in total. The highest BCUT2D eigenvalue weighted by Gasteiger charge is 2.19. The summed E-state index contributed by atoms with van der Waals surface area (Å²) in [5.41, 5.74) is 8.74. The van der Waals surface area contributed by atoms with E-state index in [1.54, 1.807) is 11.8 Å². The first-order valence-electron chi connectivity index (χ1n) is 6.04. The normalized spacial score (nSPS) is 14.4. The number of nitrogens with zero attached hydrogens (tertiary/aromatic N) is 2. The highest BCUT2D eigenvalue weighted by Crippen LogP contribution is 2.38. The van der Waals surface area contributed by atoms with Gasteiger partial charge in [0, 0.05) is 29.4 Å². The van der Waals surface area contributed by atoms with Gasteiger partial charge in [0.2, 0.25) is 0 Å². The van der Waals surface area contributed by atoms with Crippen LogP contribution < -0.4 is 5.73 Å². The maximum absolute atomic E-state index is 6.14. The van der Waals surface area contributed by atoms with Gasteiger partial charge < -0.3 is 5.73 Å². The third-order valence-corrected chi connectivity index (χ3v) is 4.34. The van der Waals surface area contributed by atoms with Crippen LogP contribution in [0.5, 0.6) is 0 Å². The van der Waals surface area contributed by atoms with E-state index >= 15 is 0 Å². The molecule has 2 atom stereocenters. The van der Waals surface area contributed by atoms with Gasteiger partial charge in [-0.25, -0.2) is 0 Å². The monoisotopic (exact) mass is 261 g/mol. The maximum atomic E-state index is 6.14. The predicted molar refractivity (Wildman–Crippen MR) is 76.6 cm³/mol. The molecule has 0 aliphatic heterocycles. The van der Waals surface area contributed by atoms with E-state index in [4.69, 9.17) is 5.73 Å². The van der Waals surface area contributed by atoms with E-state index in [1.807, 2.05) is 24.1 Å². The highest BCUT2D eigenvalue weighted by molar-refractivity contribution is 7.99. The molecule has 0 aliphatic carbocycles. The SMILES string of the molecule is Cc1ccccc1C(Sc1cnn(C)c1)C(C)N. The van der Waals surface area contributed by atoms with E-state index in [9.17, 15) is 0 Å². The van der Waals surface area contributed by atoms with Crippen molar-refractivity contribution in [3.05, 3.63) is 47.8 Å². The molecule has 2 unspecified atom stereocenters. The van der Waals surface area contributed by atoms with E-state index in [2.05, 4.69) is 43.2 Å². The number of hydrogen-bond acceptors (Lipinski definition) is 3. The van der Waals surface area contributed by atoms with Crippen molar-refractivity contribution in [3.8, 4) is 0 Å². The second-order valence-corrected chi connectivity index (χ2v) is 5.82. The van der Waals surface area contributed by atoms with Crippen LogP contribution in [0.3, 0.4) is 0 Å². The second kappa shape index (κ2) is 5.59. The van der Waals surface area contributed by atoms with Crippen LogP contribution in [0, 0.1) is 6.92 Å². The summed E-state index contributed by atoms with van der Waals surface area (Å²) in [6, 6.07) is 8.52. The zero-order chi connectivity index (χ0) is 13.1. The van der Waals surface area contributed by atoms with Gasteiger partial charge in [-0.15, -0.1) is 11.8 Å². The Morgan fingerprint density at radius 3 is 2.61 bits per heavy atom. The van der Waals surface area contributed by atoms with Gasteiger partial charge in [0.05, 0.1) is 6.20 Å². The van der Waals surface area contributed by atoms with Gasteiger partial charge >= 0.3 is 0 Å². The van der Waals surface area contributed by atoms with Gasteiger partial charge in [0.25, 0.3) is 0 Å². The van der Waals surface area contributed by atoms with Crippen molar-refractivity contribution in [1.82, 2.24) is 9.78 Å². The van der Waals surface area contributed by atoms with E-state index in [-0.39, 0.29) is 11.3 Å². The Bertz CT molecular complexity index is 519. The summed E-state index contributed by atoms with van der Waals surface area (Å²) in [5.74, 6) is 0. The van der Waals surface area contributed by atoms with Gasteiger partial charge in [-0.05, 0) is 25.0 Å². The van der Waals surface area contributed by atoms with Crippen LogP contribution >= 0.6 is 11.8 Å². The van der Waals surface area contributed by atoms with E-state index < -0.39 is 0 Å². The molecule has 0 fully saturated rings. The van der Waals surface area contributed by atoms with Crippen LogP contribution in [0.15, 0.2) is 41.6 Å². The molecule has 0 bridgehead atoms. The Labute approximate surface area is 112 Å². The fourth-order valence-electron chi connectivity index (χ4n) is 1.97. The number of nitrogens with two attached hydrogens (primary N) is 1. The van der Waals surface area contributed by atoms with E-state index in [1.165, 1.54) is 11.1 Å². The molecular formula is C14H19N3S. The molecule has 2 N–H and O–H groups in total. The topological polar surface area (TPSA) is 43.8 Å². The zero-order valence-corrected chi connectivity index (χ0v) is 11.8. The molecule has 18 heavy (non-hydrogen) atoms.